The molecule has 26 heavy (non-hydrogen) atoms. The lowest BCUT2D eigenvalue weighted by molar-refractivity contribution is -0.138. The fourth-order valence-corrected chi connectivity index (χ4v) is 2.50. The van der Waals surface area contributed by atoms with Crippen LogP contribution in [0.3, 0.4) is 0 Å². The van der Waals surface area contributed by atoms with Gasteiger partial charge in [-0.1, -0.05) is 6.92 Å². The summed E-state index contributed by atoms with van der Waals surface area (Å²) in [5.74, 6) is -0.949. The van der Waals surface area contributed by atoms with Crippen molar-refractivity contribution in [2.45, 2.75) is 46.1 Å². The van der Waals surface area contributed by atoms with Crippen molar-refractivity contribution in [1.82, 2.24) is 15.1 Å². The Hall–Kier alpha value is -2.77. The van der Waals surface area contributed by atoms with E-state index < -0.39 is 0 Å². The van der Waals surface area contributed by atoms with E-state index in [4.69, 9.17) is 0 Å². The summed E-state index contributed by atoms with van der Waals surface area (Å²) in [7, 11) is 0. The summed E-state index contributed by atoms with van der Waals surface area (Å²) in [5.41, 5.74) is 0. The zero-order chi connectivity index (χ0) is 19.7. The van der Waals surface area contributed by atoms with Crippen molar-refractivity contribution in [3.8, 4) is 0 Å². The topological polar surface area (TPSA) is 104 Å². The molecule has 8 nitrogen and oxygen atoms in total. The van der Waals surface area contributed by atoms with Gasteiger partial charge in [0.05, 0.1) is 0 Å². The molecule has 0 aromatic rings. The second-order valence-electron chi connectivity index (χ2n) is 6.07. The molecule has 0 aromatic carbocycles. The Morgan fingerprint density at radius 3 is 1.73 bits per heavy atom. The van der Waals surface area contributed by atoms with Gasteiger partial charge in [-0.15, -0.1) is 0 Å². The minimum atomic E-state index is -0.253. The van der Waals surface area contributed by atoms with Crippen LogP contribution in [-0.2, 0) is 24.0 Å². The standard InChI is InChI=1S/C11H16N2O3.C7H9NO2/c1-8(12-9(2)14)4-3-7-13-10(15)5-6-11(13)16;1-2-5-8-6(9)3-4-7(8)10/h5-6,8H,3-4,7H2,1-2H3,(H,12,14);3-4H,2,5H2,1H3. The predicted molar refractivity (Wildman–Crippen MR) is 94.5 cm³/mol. The number of hydrogen-bond acceptors (Lipinski definition) is 5. The van der Waals surface area contributed by atoms with E-state index in [1.807, 2.05) is 13.8 Å². The summed E-state index contributed by atoms with van der Waals surface area (Å²) in [6, 6.07) is 0.0678. The summed E-state index contributed by atoms with van der Waals surface area (Å²) < 4.78 is 0. The number of nitrogens with zero attached hydrogens (tertiary/aromatic N) is 2. The minimum absolute atomic E-state index is 0.0671. The Kier molecular flexibility index (Phi) is 8.41. The van der Waals surface area contributed by atoms with Gasteiger partial charge in [0.2, 0.25) is 5.91 Å². The van der Waals surface area contributed by atoms with Crippen LogP contribution >= 0.6 is 0 Å². The molecule has 2 aliphatic heterocycles. The summed E-state index contributed by atoms with van der Waals surface area (Å²) in [6.07, 6.45) is 7.42. The van der Waals surface area contributed by atoms with Crippen molar-refractivity contribution in [2.75, 3.05) is 13.1 Å². The zero-order valence-corrected chi connectivity index (χ0v) is 15.4. The van der Waals surface area contributed by atoms with Gasteiger partial charge in [-0.25, -0.2) is 0 Å². The minimum Gasteiger partial charge on any atom is -0.354 e. The van der Waals surface area contributed by atoms with E-state index in [0.717, 1.165) is 12.8 Å². The van der Waals surface area contributed by atoms with Gasteiger partial charge >= 0.3 is 0 Å². The lowest BCUT2D eigenvalue weighted by Gasteiger charge is -2.16. The molecule has 5 amide bonds. The molecule has 2 heterocycles. The van der Waals surface area contributed by atoms with E-state index in [2.05, 4.69) is 5.32 Å². The Labute approximate surface area is 152 Å². The van der Waals surface area contributed by atoms with E-state index in [1.54, 1.807) is 0 Å². The van der Waals surface area contributed by atoms with Crippen LogP contribution in [0, 0.1) is 0 Å². The average molecular weight is 363 g/mol. The summed E-state index contributed by atoms with van der Waals surface area (Å²) in [5, 5.41) is 2.75. The van der Waals surface area contributed by atoms with Gasteiger partial charge < -0.3 is 5.32 Å². The van der Waals surface area contributed by atoms with Crippen molar-refractivity contribution < 1.29 is 24.0 Å². The summed E-state index contributed by atoms with van der Waals surface area (Å²) in [6.45, 7) is 6.24. The predicted octanol–water partition coefficient (Wildman–Crippen LogP) is 0.538. The van der Waals surface area contributed by atoms with E-state index in [1.165, 1.54) is 41.0 Å². The second kappa shape index (κ2) is 10.3. The van der Waals surface area contributed by atoms with E-state index in [0.29, 0.717) is 19.5 Å². The molecule has 0 saturated heterocycles. The fraction of sp³-hybridized carbons (Fsp3) is 0.500. The second-order valence-corrected chi connectivity index (χ2v) is 6.07. The smallest absolute Gasteiger partial charge is 0.253 e. The largest absolute Gasteiger partial charge is 0.354 e. The van der Waals surface area contributed by atoms with E-state index in [-0.39, 0.29) is 35.6 Å². The monoisotopic (exact) mass is 363 g/mol. The van der Waals surface area contributed by atoms with Crippen molar-refractivity contribution in [3.05, 3.63) is 24.3 Å². The number of nitrogens with one attached hydrogen (secondary N) is 1. The molecule has 1 N–H and O–H groups in total. The summed E-state index contributed by atoms with van der Waals surface area (Å²) in [4.78, 5) is 57.1. The Balaban J connectivity index is 0.000000289. The molecule has 142 valence electrons. The van der Waals surface area contributed by atoms with Gasteiger partial charge in [-0.2, -0.15) is 0 Å². The Morgan fingerprint density at radius 2 is 1.35 bits per heavy atom. The number of amides is 5. The van der Waals surface area contributed by atoms with Gasteiger partial charge in [0.1, 0.15) is 0 Å². The lowest BCUT2D eigenvalue weighted by atomic mass is 10.2. The molecule has 0 fully saturated rings. The molecule has 0 bridgehead atoms. The van der Waals surface area contributed by atoms with Crippen molar-refractivity contribution >= 4 is 29.5 Å². The Morgan fingerprint density at radius 1 is 0.923 bits per heavy atom. The molecule has 2 rings (SSSR count). The molecule has 0 saturated carbocycles. The van der Waals surface area contributed by atoms with E-state index in [9.17, 15) is 24.0 Å². The maximum atomic E-state index is 11.2. The lowest BCUT2D eigenvalue weighted by Crippen LogP contribution is -2.34. The van der Waals surface area contributed by atoms with Crippen LogP contribution in [0.5, 0.6) is 0 Å². The molecule has 0 spiro atoms. The zero-order valence-electron chi connectivity index (χ0n) is 15.4. The van der Waals surface area contributed by atoms with Crippen molar-refractivity contribution in [2.24, 2.45) is 0 Å². The SMILES string of the molecule is CC(=O)NC(C)CCCN1C(=O)C=CC1=O.CCCN1C(=O)C=CC1=O. The van der Waals surface area contributed by atoms with Crippen molar-refractivity contribution in [1.29, 1.82) is 0 Å². The van der Waals surface area contributed by atoms with Crippen LogP contribution in [0.1, 0.15) is 40.0 Å². The number of carbonyl (C=O) groups is 5. The van der Waals surface area contributed by atoms with Crippen LogP contribution in [0.15, 0.2) is 24.3 Å². The molecular weight excluding hydrogens is 338 g/mol. The highest BCUT2D eigenvalue weighted by Gasteiger charge is 2.22. The van der Waals surface area contributed by atoms with Crippen LogP contribution in [0.2, 0.25) is 0 Å². The van der Waals surface area contributed by atoms with Gasteiger partial charge in [-0.3, -0.25) is 33.8 Å². The maximum absolute atomic E-state index is 11.2. The third-order valence-electron chi connectivity index (χ3n) is 3.72. The van der Waals surface area contributed by atoms with Crippen molar-refractivity contribution in [3.63, 3.8) is 0 Å². The first-order chi connectivity index (χ1) is 12.3. The molecule has 1 unspecified atom stereocenters. The quantitative estimate of drug-likeness (QED) is 0.665. The summed E-state index contributed by atoms with van der Waals surface area (Å²) >= 11 is 0. The van der Waals surface area contributed by atoms with Gasteiger partial charge in [0, 0.05) is 50.4 Å². The highest BCUT2D eigenvalue weighted by Crippen LogP contribution is 2.06. The molecular formula is C18H25N3O5. The first-order valence-corrected chi connectivity index (χ1v) is 8.60. The number of carbonyl (C=O) groups excluding carboxylic acids is 5. The van der Waals surface area contributed by atoms with Crippen LogP contribution in [-0.4, -0.2) is 58.5 Å². The number of rotatable bonds is 7. The molecule has 8 heteroatoms. The number of imide groups is 2. The highest BCUT2D eigenvalue weighted by atomic mass is 16.2. The van der Waals surface area contributed by atoms with Crippen LogP contribution < -0.4 is 5.32 Å². The van der Waals surface area contributed by atoms with Crippen LogP contribution in [0.25, 0.3) is 0 Å². The van der Waals surface area contributed by atoms with Gasteiger partial charge in [-0.05, 0) is 26.2 Å². The first-order valence-electron chi connectivity index (χ1n) is 8.60. The van der Waals surface area contributed by atoms with Gasteiger partial charge in [0.15, 0.2) is 0 Å². The number of hydrogen-bond donors (Lipinski definition) is 1. The fourth-order valence-electron chi connectivity index (χ4n) is 2.50. The van der Waals surface area contributed by atoms with Crippen LogP contribution in [0.4, 0.5) is 0 Å². The molecule has 0 aliphatic carbocycles. The molecule has 0 radical (unpaired) electrons. The van der Waals surface area contributed by atoms with Gasteiger partial charge in [0.25, 0.3) is 23.6 Å². The Bertz CT molecular complexity index is 603. The van der Waals surface area contributed by atoms with E-state index >= 15 is 0 Å². The third-order valence-corrected chi connectivity index (χ3v) is 3.72. The highest BCUT2D eigenvalue weighted by molar-refractivity contribution is 6.13. The third kappa shape index (κ3) is 6.62. The maximum Gasteiger partial charge on any atom is 0.253 e. The molecule has 2 aliphatic rings. The average Bonchev–Trinajstić information content (AvgIpc) is 3.05. The molecule has 1 atom stereocenters. The first kappa shape index (κ1) is 21.3. The molecule has 0 aromatic heterocycles. The normalized spacial score (nSPS) is 16.9.